The molecule has 0 saturated heterocycles. The Morgan fingerprint density at radius 2 is 1.34 bits per heavy atom. The van der Waals surface area contributed by atoms with Gasteiger partial charge < -0.3 is 5.11 Å². The van der Waals surface area contributed by atoms with Gasteiger partial charge in [-0.05, 0) is 65.7 Å². The van der Waals surface area contributed by atoms with Gasteiger partial charge in [-0.3, -0.25) is 9.59 Å². The van der Waals surface area contributed by atoms with Gasteiger partial charge in [0.25, 0.3) is 0 Å². The summed E-state index contributed by atoms with van der Waals surface area (Å²) >= 11 is 0. The molecule has 3 heteroatoms. The molecule has 0 aliphatic heterocycles. The maximum atomic E-state index is 12.8. The largest absolute Gasteiger partial charge is 0.507 e. The van der Waals surface area contributed by atoms with Crippen LogP contribution in [0.3, 0.4) is 0 Å². The van der Waals surface area contributed by atoms with Crippen LogP contribution in [0.2, 0.25) is 0 Å². The Balaban J connectivity index is 3.08. The first-order valence-electron chi connectivity index (χ1n) is 11.4. The van der Waals surface area contributed by atoms with Crippen LogP contribution >= 0.6 is 0 Å². The number of aliphatic hydroxyl groups excluding tert-OH is 1. The number of carbonyl (C=O) groups is 2. The summed E-state index contributed by atoms with van der Waals surface area (Å²) in [5.74, 6) is -0.830. The van der Waals surface area contributed by atoms with Crippen molar-refractivity contribution in [3.8, 4) is 0 Å². The Morgan fingerprint density at radius 3 is 1.90 bits per heavy atom. The minimum absolute atomic E-state index is 0.0746. The third kappa shape index (κ3) is 8.16. The van der Waals surface area contributed by atoms with Crippen LogP contribution in [-0.2, 0) is 9.59 Å². The molecule has 0 aromatic heterocycles. The summed E-state index contributed by atoms with van der Waals surface area (Å²) in [6.45, 7) is 10.5. The molecule has 0 fully saturated rings. The first kappa shape index (κ1) is 25.1. The van der Waals surface area contributed by atoms with E-state index in [-0.39, 0.29) is 11.3 Å². The molecule has 0 amide bonds. The van der Waals surface area contributed by atoms with E-state index in [4.69, 9.17) is 0 Å². The fourth-order valence-corrected chi connectivity index (χ4v) is 3.64. The van der Waals surface area contributed by atoms with Gasteiger partial charge >= 0.3 is 0 Å². The Hall–Kier alpha value is -1.90. The van der Waals surface area contributed by atoms with Crippen molar-refractivity contribution in [1.82, 2.24) is 0 Å². The monoisotopic (exact) mass is 400 g/mol. The van der Waals surface area contributed by atoms with Crippen molar-refractivity contribution in [3.05, 3.63) is 45.8 Å². The van der Waals surface area contributed by atoms with Crippen molar-refractivity contribution < 1.29 is 14.7 Å². The van der Waals surface area contributed by atoms with E-state index < -0.39 is 11.6 Å². The maximum Gasteiger partial charge on any atom is 0.233 e. The normalized spacial score (nSPS) is 15.4. The number of rotatable bonds is 13. The van der Waals surface area contributed by atoms with E-state index in [9.17, 15) is 14.7 Å². The molecule has 0 radical (unpaired) electrons. The number of allylic oxidation sites excluding steroid dienone is 7. The summed E-state index contributed by atoms with van der Waals surface area (Å²) in [5.41, 5.74) is 4.04. The number of carbonyl (C=O) groups excluding carboxylic acids is 2. The minimum Gasteiger partial charge on any atom is -0.507 e. The lowest BCUT2D eigenvalue weighted by molar-refractivity contribution is -0.132. The lowest BCUT2D eigenvalue weighted by Crippen LogP contribution is -2.26. The van der Waals surface area contributed by atoms with Gasteiger partial charge in [0.2, 0.25) is 11.6 Å². The van der Waals surface area contributed by atoms with Crippen LogP contribution in [-0.4, -0.2) is 16.7 Å². The van der Waals surface area contributed by atoms with Crippen LogP contribution in [0.5, 0.6) is 0 Å². The van der Waals surface area contributed by atoms with Crippen molar-refractivity contribution in [3.63, 3.8) is 0 Å². The Labute approximate surface area is 177 Å². The van der Waals surface area contributed by atoms with Crippen LogP contribution in [0.25, 0.3) is 0 Å². The molecule has 0 atom stereocenters. The molecule has 1 rings (SSSR count). The number of hydrogen-bond acceptors (Lipinski definition) is 3. The molecular formula is C26H40O3. The lowest BCUT2D eigenvalue weighted by atomic mass is 9.82. The van der Waals surface area contributed by atoms with Crippen molar-refractivity contribution in [2.45, 2.75) is 105 Å². The number of Topliss-reactive ketones (excluding diaryl/α,β-unsaturated/α-hetero) is 2. The van der Waals surface area contributed by atoms with Gasteiger partial charge in [-0.1, -0.05) is 62.8 Å². The fraction of sp³-hybridized carbons (Fsp3) is 0.615. The molecule has 0 spiro atoms. The second kappa shape index (κ2) is 13.3. The highest BCUT2D eigenvalue weighted by molar-refractivity contribution is 6.50. The van der Waals surface area contributed by atoms with Gasteiger partial charge in [0.05, 0.1) is 0 Å². The van der Waals surface area contributed by atoms with Crippen LogP contribution in [0.15, 0.2) is 45.8 Å². The Kier molecular flexibility index (Phi) is 11.6. The predicted octanol–water partition coefficient (Wildman–Crippen LogP) is 7.49. The second-order valence-electron chi connectivity index (χ2n) is 8.43. The third-order valence-electron chi connectivity index (χ3n) is 5.50. The van der Waals surface area contributed by atoms with E-state index in [0.717, 1.165) is 56.9 Å². The van der Waals surface area contributed by atoms with Crippen molar-refractivity contribution in [1.29, 1.82) is 0 Å². The van der Waals surface area contributed by atoms with Gasteiger partial charge in [-0.25, -0.2) is 0 Å². The number of ketones is 2. The maximum absolute atomic E-state index is 12.8. The smallest absolute Gasteiger partial charge is 0.233 e. The molecule has 1 N–H and O–H groups in total. The molecule has 1 aliphatic carbocycles. The first-order valence-corrected chi connectivity index (χ1v) is 11.4. The summed E-state index contributed by atoms with van der Waals surface area (Å²) in [7, 11) is 0. The van der Waals surface area contributed by atoms with Crippen LogP contribution < -0.4 is 0 Å². The summed E-state index contributed by atoms with van der Waals surface area (Å²) in [4.78, 5) is 25.6. The van der Waals surface area contributed by atoms with E-state index in [2.05, 4.69) is 33.8 Å². The summed E-state index contributed by atoms with van der Waals surface area (Å²) < 4.78 is 0. The average Bonchev–Trinajstić information content (AvgIpc) is 2.67. The van der Waals surface area contributed by atoms with E-state index in [1.165, 1.54) is 11.1 Å². The fourth-order valence-electron chi connectivity index (χ4n) is 3.64. The van der Waals surface area contributed by atoms with Gasteiger partial charge in [0, 0.05) is 16.7 Å². The lowest BCUT2D eigenvalue weighted by Gasteiger charge is -2.21. The average molecular weight is 401 g/mol. The first-order chi connectivity index (χ1) is 13.8. The molecule has 162 valence electrons. The summed E-state index contributed by atoms with van der Waals surface area (Å²) in [6, 6.07) is 0. The van der Waals surface area contributed by atoms with Crippen LogP contribution in [0.1, 0.15) is 105 Å². The second-order valence-corrected chi connectivity index (χ2v) is 8.43. The summed E-state index contributed by atoms with van der Waals surface area (Å²) in [6.07, 6.45) is 13.7. The number of unbranched alkanes of at least 4 members (excludes halogenated alkanes) is 4. The van der Waals surface area contributed by atoms with Crippen LogP contribution in [0, 0.1) is 0 Å². The minimum atomic E-state index is -0.512. The molecule has 29 heavy (non-hydrogen) atoms. The third-order valence-corrected chi connectivity index (χ3v) is 5.50. The van der Waals surface area contributed by atoms with Crippen molar-refractivity contribution in [2.24, 2.45) is 0 Å². The number of hydrogen-bond donors (Lipinski definition) is 1. The molecule has 0 aromatic carbocycles. The standard InChI is InChI=1S/C26H40O3/c1-6-8-10-15-21-22(16-11-9-7-2)25(28)26(29)23(24(21)27)18-17-20(5)14-12-13-19(3)4/h13,17,27H,6-12,14-16,18H2,1-5H3/b20-17+. The molecule has 0 unspecified atom stereocenters. The topological polar surface area (TPSA) is 54.4 Å². The van der Waals surface area contributed by atoms with E-state index >= 15 is 0 Å². The van der Waals surface area contributed by atoms with Crippen molar-refractivity contribution >= 4 is 11.6 Å². The molecule has 1 aliphatic rings. The Morgan fingerprint density at radius 1 is 0.793 bits per heavy atom. The molecule has 3 nitrogen and oxygen atoms in total. The Bertz CT molecular complexity index is 697. The van der Waals surface area contributed by atoms with Crippen molar-refractivity contribution in [2.75, 3.05) is 0 Å². The van der Waals surface area contributed by atoms with E-state index in [1.54, 1.807) is 0 Å². The van der Waals surface area contributed by atoms with Crippen LogP contribution in [0.4, 0.5) is 0 Å². The zero-order valence-corrected chi connectivity index (χ0v) is 19.2. The highest BCUT2D eigenvalue weighted by atomic mass is 16.3. The predicted molar refractivity (Wildman–Crippen MR) is 122 cm³/mol. The molecular weight excluding hydrogens is 360 g/mol. The molecule has 0 heterocycles. The zero-order valence-electron chi connectivity index (χ0n) is 19.2. The van der Waals surface area contributed by atoms with E-state index in [1.807, 2.05) is 13.0 Å². The summed E-state index contributed by atoms with van der Waals surface area (Å²) in [5, 5.41) is 10.9. The highest BCUT2D eigenvalue weighted by Crippen LogP contribution is 2.33. The van der Waals surface area contributed by atoms with Gasteiger partial charge in [-0.2, -0.15) is 0 Å². The zero-order chi connectivity index (χ0) is 21.8. The number of aliphatic hydroxyl groups is 1. The SMILES string of the molecule is CCCCCC1=C(CCCCC)C(O)=C(C/C=C(\C)CCC=C(C)C)C(=O)C1=O. The van der Waals surface area contributed by atoms with Gasteiger partial charge in [0.1, 0.15) is 5.76 Å². The van der Waals surface area contributed by atoms with Gasteiger partial charge in [-0.15, -0.1) is 0 Å². The molecule has 0 bridgehead atoms. The van der Waals surface area contributed by atoms with Gasteiger partial charge in [0.15, 0.2) is 0 Å². The molecule has 0 aromatic rings. The van der Waals surface area contributed by atoms with E-state index in [0.29, 0.717) is 24.8 Å². The quantitative estimate of drug-likeness (QED) is 0.151. The molecule has 0 saturated carbocycles. The highest BCUT2D eigenvalue weighted by Gasteiger charge is 2.33.